The molecule has 1 rings (SSSR count). The van der Waals surface area contributed by atoms with Crippen molar-refractivity contribution in [3.63, 3.8) is 0 Å². The summed E-state index contributed by atoms with van der Waals surface area (Å²) in [4.78, 5) is 0. The van der Waals surface area contributed by atoms with E-state index in [0.717, 1.165) is 18.8 Å². The van der Waals surface area contributed by atoms with Gasteiger partial charge in [0.1, 0.15) is 5.44 Å². The average Bonchev–Trinajstić information content (AvgIpc) is 2.17. The molecule has 1 saturated heterocycles. The van der Waals surface area contributed by atoms with E-state index < -0.39 is 0 Å². The molecule has 0 amide bonds. The van der Waals surface area contributed by atoms with E-state index in [0.29, 0.717) is 10.7 Å². The highest BCUT2D eigenvalue weighted by Crippen LogP contribution is 2.25. The second kappa shape index (κ2) is 6.98. The van der Waals surface area contributed by atoms with E-state index >= 15 is 0 Å². The first kappa shape index (κ1) is 11.7. The molecule has 0 aromatic rings. The molecule has 1 N–H and O–H groups in total. The Morgan fingerprint density at radius 1 is 1.54 bits per heavy atom. The molecule has 0 aliphatic carbocycles. The van der Waals surface area contributed by atoms with Gasteiger partial charge in [-0.1, -0.05) is 0 Å². The highest BCUT2D eigenvalue weighted by Gasteiger charge is 2.15. The molecule has 2 nitrogen and oxygen atoms in total. The summed E-state index contributed by atoms with van der Waals surface area (Å²) < 4.78 is 5.57. The van der Waals surface area contributed by atoms with Crippen molar-refractivity contribution < 1.29 is 9.84 Å². The van der Waals surface area contributed by atoms with Crippen molar-refractivity contribution in [1.82, 2.24) is 0 Å². The predicted octanol–water partition coefficient (Wildman–Crippen LogP) is 1.93. The van der Waals surface area contributed by atoms with E-state index in [1.807, 2.05) is 11.8 Å². The Hall–Kier alpha value is 0.620. The molecule has 0 radical (unpaired) electrons. The first-order chi connectivity index (χ1) is 6.33. The fourth-order valence-corrected chi connectivity index (χ4v) is 2.80. The Bertz CT molecular complexity index is 127. The van der Waals surface area contributed by atoms with Gasteiger partial charge in [-0.2, -0.15) is 12.6 Å². The molecule has 2 atom stereocenters. The Morgan fingerprint density at radius 3 is 3.00 bits per heavy atom. The Labute approximate surface area is 89.8 Å². The molecule has 1 aliphatic rings. The van der Waals surface area contributed by atoms with Crippen LogP contribution in [0.2, 0.25) is 0 Å². The predicted molar refractivity (Wildman–Crippen MR) is 60.5 cm³/mol. The molecular weight excluding hydrogens is 204 g/mol. The van der Waals surface area contributed by atoms with Crippen LogP contribution in [-0.4, -0.2) is 34.8 Å². The minimum Gasteiger partial charge on any atom is -0.396 e. The minimum atomic E-state index is 0.236. The second-order valence-electron chi connectivity index (χ2n) is 3.30. The lowest BCUT2D eigenvalue weighted by atomic mass is 10.2. The number of aliphatic hydroxyl groups excluding tert-OH is 1. The molecular formula is C9H18O2S2. The minimum absolute atomic E-state index is 0.236. The number of hydrogen-bond donors (Lipinski definition) is 2. The van der Waals surface area contributed by atoms with Crippen LogP contribution in [0.1, 0.15) is 25.7 Å². The fourth-order valence-electron chi connectivity index (χ4n) is 1.29. The molecule has 0 bridgehead atoms. The number of rotatable bonds is 5. The third-order valence-corrected chi connectivity index (χ3v) is 4.10. The van der Waals surface area contributed by atoms with Gasteiger partial charge in [-0.05, 0) is 25.7 Å². The van der Waals surface area contributed by atoms with Crippen LogP contribution in [0.3, 0.4) is 0 Å². The van der Waals surface area contributed by atoms with Gasteiger partial charge in [0.2, 0.25) is 0 Å². The highest BCUT2D eigenvalue weighted by atomic mass is 32.2. The second-order valence-corrected chi connectivity index (χ2v) is 5.22. The van der Waals surface area contributed by atoms with E-state index in [1.54, 1.807) is 0 Å². The molecule has 0 spiro atoms. The highest BCUT2D eigenvalue weighted by molar-refractivity contribution is 8.00. The van der Waals surface area contributed by atoms with Crippen molar-refractivity contribution in [2.45, 2.75) is 36.4 Å². The first-order valence-corrected chi connectivity index (χ1v) is 6.41. The summed E-state index contributed by atoms with van der Waals surface area (Å²) in [6.07, 6.45) is 4.44. The zero-order chi connectivity index (χ0) is 9.52. The van der Waals surface area contributed by atoms with E-state index in [-0.39, 0.29) is 6.61 Å². The van der Waals surface area contributed by atoms with Gasteiger partial charge < -0.3 is 9.84 Å². The lowest BCUT2D eigenvalue weighted by Gasteiger charge is -2.22. The summed E-state index contributed by atoms with van der Waals surface area (Å²) in [5.74, 6) is 0.980. The Kier molecular flexibility index (Phi) is 6.28. The van der Waals surface area contributed by atoms with Gasteiger partial charge >= 0.3 is 0 Å². The number of aliphatic hydroxyl groups is 1. The molecule has 1 heterocycles. The van der Waals surface area contributed by atoms with Gasteiger partial charge in [-0.15, -0.1) is 11.8 Å². The van der Waals surface area contributed by atoms with Gasteiger partial charge in [-0.25, -0.2) is 0 Å². The van der Waals surface area contributed by atoms with Gasteiger partial charge in [0.05, 0.1) is 0 Å². The maximum absolute atomic E-state index is 8.68. The van der Waals surface area contributed by atoms with Gasteiger partial charge in [0, 0.05) is 24.2 Å². The number of hydrogen-bond acceptors (Lipinski definition) is 4. The Balaban J connectivity index is 2.03. The van der Waals surface area contributed by atoms with Gasteiger partial charge in [0.15, 0.2) is 0 Å². The van der Waals surface area contributed by atoms with Crippen LogP contribution in [0.25, 0.3) is 0 Å². The number of thioether (sulfide) groups is 1. The lowest BCUT2D eigenvalue weighted by molar-refractivity contribution is 0.0728. The summed E-state index contributed by atoms with van der Waals surface area (Å²) in [7, 11) is 0. The quantitative estimate of drug-likeness (QED) is 0.697. The third kappa shape index (κ3) is 5.15. The standard InChI is InChI=1S/C9H18O2S2/c10-5-4-8(12)7-13-9-3-1-2-6-11-9/h8-10,12H,1-7H2. The molecule has 78 valence electrons. The third-order valence-electron chi connectivity index (χ3n) is 2.07. The molecule has 2 unspecified atom stereocenters. The van der Waals surface area contributed by atoms with Crippen LogP contribution in [0.4, 0.5) is 0 Å². The summed E-state index contributed by atoms with van der Waals surface area (Å²) in [6.45, 7) is 1.15. The monoisotopic (exact) mass is 222 g/mol. The van der Waals surface area contributed by atoms with Crippen molar-refractivity contribution in [2.75, 3.05) is 19.0 Å². The van der Waals surface area contributed by atoms with Gasteiger partial charge in [-0.3, -0.25) is 0 Å². The Morgan fingerprint density at radius 2 is 2.38 bits per heavy atom. The van der Waals surface area contributed by atoms with Crippen LogP contribution in [0.15, 0.2) is 0 Å². The van der Waals surface area contributed by atoms with E-state index in [4.69, 9.17) is 9.84 Å². The van der Waals surface area contributed by atoms with Crippen molar-refractivity contribution in [2.24, 2.45) is 0 Å². The lowest BCUT2D eigenvalue weighted by Crippen LogP contribution is -2.18. The molecule has 4 heteroatoms. The maximum atomic E-state index is 8.68. The summed E-state index contributed by atoms with van der Waals surface area (Å²) in [6, 6.07) is 0. The van der Waals surface area contributed by atoms with Crippen LogP contribution < -0.4 is 0 Å². The summed E-state index contributed by atoms with van der Waals surface area (Å²) in [5, 5.41) is 8.99. The molecule has 1 fully saturated rings. The topological polar surface area (TPSA) is 29.5 Å². The van der Waals surface area contributed by atoms with Crippen LogP contribution >= 0.6 is 24.4 Å². The normalized spacial score (nSPS) is 25.8. The first-order valence-electron chi connectivity index (χ1n) is 4.85. The molecule has 0 aromatic carbocycles. The van der Waals surface area contributed by atoms with E-state index in [1.165, 1.54) is 19.3 Å². The number of ether oxygens (including phenoxy) is 1. The zero-order valence-corrected chi connectivity index (χ0v) is 9.53. The largest absolute Gasteiger partial charge is 0.396 e. The fraction of sp³-hybridized carbons (Fsp3) is 1.00. The van der Waals surface area contributed by atoms with Gasteiger partial charge in [0.25, 0.3) is 0 Å². The van der Waals surface area contributed by atoms with Crippen molar-refractivity contribution in [1.29, 1.82) is 0 Å². The smallest absolute Gasteiger partial charge is 0.103 e. The van der Waals surface area contributed by atoms with E-state index in [2.05, 4.69) is 12.6 Å². The van der Waals surface area contributed by atoms with Crippen molar-refractivity contribution in [3.8, 4) is 0 Å². The van der Waals surface area contributed by atoms with Crippen LogP contribution in [-0.2, 0) is 4.74 Å². The zero-order valence-electron chi connectivity index (χ0n) is 7.82. The SMILES string of the molecule is OCCC(S)CSC1CCCCO1. The molecule has 0 saturated carbocycles. The molecule has 13 heavy (non-hydrogen) atoms. The van der Waals surface area contributed by atoms with Crippen LogP contribution in [0.5, 0.6) is 0 Å². The average molecular weight is 222 g/mol. The van der Waals surface area contributed by atoms with Crippen molar-refractivity contribution in [3.05, 3.63) is 0 Å². The number of thiol groups is 1. The summed E-state index contributed by atoms with van der Waals surface area (Å²) >= 11 is 6.21. The van der Waals surface area contributed by atoms with E-state index in [9.17, 15) is 0 Å². The van der Waals surface area contributed by atoms with Crippen LogP contribution in [0, 0.1) is 0 Å². The van der Waals surface area contributed by atoms with Crippen molar-refractivity contribution >= 4 is 24.4 Å². The summed E-state index contributed by atoms with van der Waals surface area (Å²) in [5.41, 5.74) is 0.377. The maximum Gasteiger partial charge on any atom is 0.103 e. The molecule has 1 aliphatic heterocycles. The molecule has 0 aromatic heterocycles.